The van der Waals surface area contributed by atoms with Crippen LogP contribution in [0.15, 0.2) is 271 Å². The summed E-state index contributed by atoms with van der Waals surface area (Å²) in [7, 11) is 0. The first-order valence-corrected chi connectivity index (χ1v) is 26.6. The van der Waals surface area contributed by atoms with Gasteiger partial charge in [0, 0.05) is 67.1 Å². The van der Waals surface area contributed by atoms with Gasteiger partial charge in [-0.2, -0.15) is 0 Å². The molecule has 0 N–H and O–H groups in total. The molecular weight excluding hydrogens is 979 g/mol. The second-order valence-electron chi connectivity index (χ2n) is 19.2. The van der Waals surface area contributed by atoms with Gasteiger partial charge < -0.3 is 18.4 Å². The normalized spacial score (nSPS) is 12.3. The summed E-state index contributed by atoms with van der Waals surface area (Å²) < 4.78 is 13.2. The van der Waals surface area contributed by atoms with Gasteiger partial charge in [0.05, 0.1) is 33.1 Å². The van der Waals surface area contributed by atoms with Crippen LogP contribution in [-0.2, 0) is 4.74 Å². The van der Waals surface area contributed by atoms with Gasteiger partial charge in [-0.3, -0.25) is 0 Å². The van der Waals surface area contributed by atoms with Crippen molar-refractivity contribution in [3.63, 3.8) is 0 Å². The van der Waals surface area contributed by atoms with Crippen LogP contribution in [0.2, 0.25) is 0 Å². The maximum absolute atomic E-state index is 4.94. The van der Waals surface area contributed by atoms with E-state index in [2.05, 4.69) is 290 Å². The SMILES string of the molecule is Brc1ccc2c(c1)c1ccccc1n2-c1ccccc1.C1CCOC1.c1ccc(-c2ccc(-n3c4ccc(-c5ccccc5)cc4c4cc(-c5ccc6c(c5)c5ccccc5n6-c5ccccc5)ccc43)cc2)cc1. The second kappa shape index (κ2) is 20.3. The number of benzene rings is 11. The third-order valence-corrected chi connectivity index (χ3v) is 15.1. The van der Waals surface area contributed by atoms with E-state index in [9.17, 15) is 0 Å². The molecule has 0 atom stereocenters. The lowest BCUT2D eigenvalue weighted by molar-refractivity contribution is 0.198. The summed E-state index contributed by atoms with van der Waals surface area (Å²) in [6.45, 7) is 2.00. The van der Waals surface area contributed by atoms with Gasteiger partial charge >= 0.3 is 0 Å². The highest BCUT2D eigenvalue weighted by molar-refractivity contribution is 9.10. The Hall–Kier alpha value is -8.74. The minimum absolute atomic E-state index is 1.00. The maximum atomic E-state index is 4.94. The van der Waals surface area contributed by atoms with Gasteiger partial charge in [-0.1, -0.05) is 180 Å². The van der Waals surface area contributed by atoms with Crippen LogP contribution >= 0.6 is 15.9 Å². The predicted molar refractivity (Wildman–Crippen MR) is 320 cm³/mol. The summed E-state index contributed by atoms with van der Waals surface area (Å²) >= 11 is 3.57. The Kier molecular flexibility index (Phi) is 12.5. The number of aromatic nitrogens is 3. The van der Waals surface area contributed by atoms with Crippen LogP contribution in [0.3, 0.4) is 0 Å². The van der Waals surface area contributed by atoms with E-state index in [0.717, 1.165) is 23.4 Å². The first kappa shape index (κ1) is 46.1. The number of para-hydroxylation sites is 4. The monoisotopic (exact) mass is 1030 g/mol. The number of hydrogen-bond donors (Lipinski definition) is 0. The van der Waals surface area contributed by atoms with Gasteiger partial charge in [0.25, 0.3) is 0 Å². The molecule has 4 heterocycles. The van der Waals surface area contributed by atoms with Crippen molar-refractivity contribution in [2.24, 2.45) is 0 Å². The van der Waals surface area contributed by atoms with E-state index in [0.29, 0.717) is 0 Å². The van der Waals surface area contributed by atoms with Gasteiger partial charge in [-0.15, -0.1) is 0 Å². The standard InChI is InChI=1S/C48H32N2.C18H12BrN.C4H8O/c1-4-12-33(13-5-1)35-20-25-40(26-21-35)50-47-27-22-36(34-14-6-2-7-15-34)30-43(47)44-32-38(24-29-48(44)50)37-23-28-46-42(31-37)41-18-10-11-19-45(41)49(46)39-16-8-3-9-17-39;19-13-10-11-18-16(12-13)15-8-4-5-9-17(15)20(18)14-6-2-1-3-7-14;1-2-4-5-3-1/h1-32H;1-12H;1-4H2. The summed E-state index contributed by atoms with van der Waals surface area (Å²) in [5, 5.41) is 7.57. The summed E-state index contributed by atoms with van der Waals surface area (Å²) in [5.41, 5.74) is 18.1. The molecule has 0 spiro atoms. The number of fused-ring (bicyclic) bond motifs is 9. The maximum Gasteiger partial charge on any atom is 0.0541 e. The number of halogens is 1. The van der Waals surface area contributed by atoms with Gasteiger partial charge in [-0.05, 0) is 149 Å². The molecule has 15 rings (SSSR count). The molecule has 75 heavy (non-hydrogen) atoms. The first-order chi connectivity index (χ1) is 37.1. The van der Waals surface area contributed by atoms with Crippen molar-refractivity contribution in [3.8, 4) is 50.4 Å². The fourth-order valence-corrected chi connectivity index (χ4v) is 11.4. The van der Waals surface area contributed by atoms with Crippen molar-refractivity contribution in [1.82, 2.24) is 13.7 Å². The van der Waals surface area contributed by atoms with Gasteiger partial charge in [0.2, 0.25) is 0 Å². The molecule has 1 saturated heterocycles. The topological polar surface area (TPSA) is 24.0 Å². The lowest BCUT2D eigenvalue weighted by Gasteiger charge is -2.10. The Morgan fingerprint density at radius 1 is 0.253 bits per heavy atom. The van der Waals surface area contributed by atoms with Crippen molar-refractivity contribution in [2.45, 2.75) is 12.8 Å². The molecule has 11 aromatic carbocycles. The van der Waals surface area contributed by atoms with E-state index in [1.807, 2.05) is 6.07 Å². The van der Waals surface area contributed by atoms with Crippen LogP contribution in [0, 0.1) is 0 Å². The van der Waals surface area contributed by atoms with Gasteiger partial charge in [-0.25, -0.2) is 0 Å². The molecule has 0 bridgehead atoms. The van der Waals surface area contributed by atoms with E-state index in [1.54, 1.807) is 0 Å². The number of hydrogen-bond acceptors (Lipinski definition) is 1. The van der Waals surface area contributed by atoms with E-state index in [-0.39, 0.29) is 0 Å². The minimum atomic E-state index is 1.00. The molecule has 0 amide bonds. The molecular formula is C70H52BrN3O. The predicted octanol–water partition coefficient (Wildman–Crippen LogP) is 19.2. The Morgan fingerprint density at radius 3 is 1.00 bits per heavy atom. The van der Waals surface area contributed by atoms with Crippen molar-refractivity contribution < 1.29 is 4.74 Å². The van der Waals surface area contributed by atoms with Crippen molar-refractivity contribution in [3.05, 3.63) is 271 Å². The molecule has 1 aliphatic heterocycles. The van der Waals surface area contributed by atoms with E-state index >= 15 is 0 Å². The third-order valence-electron chi connectivity index (χ3n) is 14.6. The summed E-state index contributed by atoms with van der Waals surface area (Å²) in [6, 6.07) is 95.9. The van der Waals surface area contributed by atoms with Crippen LogP contribution in [0.25, 0.3) is 116 Å². The quantitative estimate of drug-likeness (QED) is 0.163. The van der Waals surface area contributed by atoms with Crippen molar-refractivity contribution in [2.75, 3.05) is 13.2 Å². The lowest BCUT2D eigenvalue weighted by atomic mass is 9.99. The fourth-order valence-electron chi connectivity index (χ4n) is 11.0. The first-order valence-electron chi connectivity index (χ1n) is 25.8. The Bertz CT molecular complexity index is 4300. The largest absolute Gasteiger partial charge is 0.381 e. The van der Waals surface area contributed by atoms with Crippen LogP contribution in [0.5, 0.6) is 0 Å². The third kappa shape index (κ3) is 8.80. The highest BCUT2D eigenvalue weighted by atomic mass is 79.9. The van der Waals surface area contributed by atoms with Crippen molar-refractivity contribution >= 4 is 81.3 Å². The van der Waals surface area contributed by atoms with Crippen LogP contribution < -0.4 is 0 Å². The molecule has 0 radical (unpaired) electrons. The molecule has 360 valence electrons. The molecule has 4 nitrogen and oxygen atoms in total. The summed E-state index contributed by atoms with van der Waals surface area (Å²) in [4.78, 5) is 0. The van der Waals surface area contributed by atoms with Crippen molar-refractivity contribution in [1.29, 1.82) is 0 Å². The average Bonchev–Trinajstić information content (AvgIpc) is 4.31. The summed E-state index contributed by atoms with van der Waals surface area (Å²) in [6.07, 6.45) is 2.56. The van der Waals surface area contributed by atoms with Crippen LogP contribution in [-0.4, -0.2) is 26.9 Å². The number of nitrogens with zero attached hydrogens (tertiary/aromatic N) is 3. The zero-order chi connectivity index (χ0) is 50.1. The molecule has 1 fully saturated rings. The van der Waals surface area contributed by atoms with Crippen LogP contribution in [0.1, 0.15) is 12.8 Å². The highest BCUT2D eigenvalue weighted by Gasteiger charge is 2.18. The minimum Gasteiger partial charge on any atom is -0.381 e. The molecule has 0 unspecified atom stereocenters. The van der Waals surface area contributed by atoms with Gasteiger partial charge in [0.15, 0.2) is 0 Å². The second-order valence-corrected chi connectivity index (χ2v) is 20.1. The number of ether oxygens (including phenoxy) is 1. The fraction of sp³-hybridized carbons (Fsp3) is 0.0571. The van der Waals surface area contributed by atoms with Gasteiger partial charge in [0.1, 0.15) is 0 Å². The Morgan fingerprint density at radius 2 is 0.560 bits per heavy atom. The molecule has 0 aliphatic carbocycles. The molecule has 3 aromatic heterocycles. The lowest BCUT2D eigenvalue weighted by Crippen LogP contribution is -1.94. The molecule has 1 aliphatic rings. The van der Waals surface area contributed by atoms with E-state index in [1.165, 1.54) is 123 Å². The highest BCUT2D eigenvalue weighted by Crippen LogP contribution is 2.40. The number of rotatable bonds is 6. The summed E-state index contributed by atoms with van der Waals surface area (Å²) in [5.74, 6) is 0. The molecule has 0 saturated carbocycles. The zero-order valence-electron chi connectivity index (χ0n) is 41.4. The van der Waals surface area contributed by atoms with E-state index < -0.39 is 0 Å². The zero-order valence-corrected chi connectivity index (χ0v) is 42.9. The van der Waals surface area contributed by atoms with E-state index in [4.69, 9.17) is 4.74 Å². The Balaban J connectivity index is 0.000000177. The molecule has 5 heteroatoms. The van der Waals surface area contributed by atoms with Crippen LogP contribution in [0.4, 0.5) is 0 Å². The Labute approximate surface area is 445 Å². The average molecular weight is 1030 g/mol. The smallest absolute Gasteiger partial charge is 0.0541 e. The molecule has 14 aromatic rings.